The summed E-state index contributed by atoms with van der Waals surface area (Å²) in [6, 6.07) is 1.83. The van der Waals surface area contributed by atoms with Crippen LogP contribution in [-0.4, -0.2) is 18.4 Å². The highest BCUT2D eigenvalue weighted by molar-refractivity contribution is 9.10. The van der Waals surface area contributed by atoms with Gasteiger partial charge in [0.2, 0.25) is 5.79 Å². The van der Waals surface area contributed by atoms with Gasteiger partial charge < -0.3 is 14.2 Å². The first-order valence-corrected chi connectivity index (χ1v) is 7.53. The smallest absolute Gasteiger partial charge is 0.349 e. The molecule has 0 unspecified atom stereocenters. The maximum Gasteiger partial charge on any atom is 0.349 e. The van der Waals surface area contributed by atoms with E-state index in [4.69, 9.17) is 14.2 Å². The van der Waals surface area contributed by atoms with Crippen LogP contribution in [0.1, 0.15) is 49.5 Å². The number of cyclic esters (lactones) is 1. The molecule has 2 rings (SSSR count). The molecule has 0 saturated carbocycles. The van der Waals surface area contributed by atoms with Crippen molar-refractivity contribution in [2.24, 2.45) is 0 Å². The van der Waals surface area contributed by atoms with Gasteiger partial charge in [0.25, 0.3) is 0 Å². The Hall–Kier alpha value is -1.23. The van der Waals surface area contributed by atoms with E-state index in [0.29, 0.717) is 23.7 Å². The molecule has 0 bridgehead atoms. The van der Waals surface area contributed by atoms with E-state index in [9.17, 15) is 4.79 Å². The number of esters is 1. The molecule has 20 heavy (non-hydrogen) atoms. The van der Waals surface area contributed by atoms with Gasteiger partial charge in [0.05, 0.1) is 11.1 Å². The quantitative estimate of drug-likeness (QED) is 0.606. The summed E-state index contributed by atoms with van der Waals surface area (Å²) in [6.07, 6.45) is 1.97. The van der Waals surface area contributed by atoms with Gasteiger partial charge in [0.15, 0.2) is 5.75 Å². The zero-order chi connectivity index (χ0) is 14.9. The van der Waals surface area contributed by atoms with Gasteiger partial charge >= 0.3 is 5.97 Å². The van der Waals surface area contributed by atoms with Crippen molar-refractivity contribution in [1.29, 1.82) is 0 Å². The largest absolute Gasteiger partial charge is 0.493 e. The van der Waals surface area contributed by atoms with Crippen LogP contribution in [0.15, 0.2) is 10.5 Å². The molecule has 1 aromatic carbocycles. The minimum Gasteiger partial charge on any atom is -0.493 e. The molecule has 0 aromatic heterocycles. The molecule has 1 aliphatic rings. The summed E-state index contributed by atoms with van der Waals surface area (Å²) in [5.74, 6) is -0.364. The van der Waals surface area contributed by atoms with Crippen LogP contribution in [0.4, 0.5) is 0 Å². The molecule has 0 atom stereocenters. The lowest BCUT2D eigenvalue weighted by molar-refractivity contribution is -0.128. The summed E-state index contributed by atoms with van der Waals surface area (Å²) in [4.78, 5) is 12.2. The lowest BCUT2D eigenvalue weighted by Gasteiger charge is -2.33. The van der Waals surface area contributed by atoms with Gasteiger partial charge in [-0.15, -0.1) is 0 Å². The number of rotatable bonds is 4. The second-order valence-corrected chi connectivity index (χ2v) is 6.10. The summed E-state index contributed by atoms with van der Waals surface area (Å²) in [6.45, 7) is 8.01. The highest BCUT2D eigenvalue weighted by atomic mass is 79.9. The Labute approximate surface area is 127 Å². The van der Waals surface area contributed by atoms with Gasteiger partial charge in [-0.1, -0.05) is 13.3 Å². The fraction of sp³-hybridized carbons (Fsp3) is 0.533. The second-order valence-electron chi connectivity index (χ2n) is 5.30. The lowest BCUT2D eigenvalue weighted by Crippen LogP contribution is -2.39. The third-order valence-corrected chi connectivity index (χ3v) is 4.00. The van der Waals surface area contributed by atoms with Crippen LogP contribution in [0, 0.1) is 6.92 Å². The Morgan fingerprint density at radius 2 is 2.05 bits per heavy atom. The van der Waals surface area contributed by atoms with Crippen LogP contribution in [0.2, 0.25) is 0 Å². The molecule has 5 heteroatoms. The molecule has 0 saturated heterocycles. The number of carbonyl (C=O) groups excluding carboxylic acids is 1. The van der Waals surface area contributed by atoms with Crippen molar-refractivity contribution in [1.82, 2.24) is 0 Å². The Morgan fingerprint density at radius 3 is 2.70 bits per heavy atom. The van der Waals surface area contributed by atoms with Gasteiger partial charge in [0.1, 0.15) is 11.3 Å². The number of carbonyl (C=O) groups is 1. The van der Waals surface area contributed by atoms with Crippen LogP contribution in [0.25, 0.3) is 0 Å². The van der Waals surface area contributed by atoms with Crippen molar-refractivity contribution >= 4 is 21.9 Å². The average molecular weight is 343 g/mol. The number of halogens is 1. The number of hydrogen-bond acceptors (Lipinski definition) is 4. The van der Waals surface area contributed by atoms with Crippen LogP contribution in [0.5, 0.6) is 11.5 Å². The molecule has 110 valence electrons. The topological polar surface area (TPSA) is 44.8 Å². The monoisotopic (exact) mass is 342 g/mol. The van der Waals surface area contributed by atoms with Crippen molar-refractivity contribution in [3.63, 3.8) is 0 Å². The predicted octanol–water partition coefficient (Wildman–Crippen LogP) is 4.22. The molecule has 1 aromatic rings. The molecule has 1 aliphatic heterocycles. The molecule has 0 fully saturated rings. The third kappa shape index (κ3) is 2.92. The summed E-state index contributed by atoms with van der Waals surface area (Å²) in [5.41, 5.74) is 1.32. The third-order valence-electron chi connectivity index (χ3n) is 3.01. The van der Waals surface area contributed by atoms with Gasteiger partial charge in [-0.2, -0.15) is 0 Å². The SMILES string of the molecule is CCCCOc1cc(C)c(Br)c2c1C(=O)OC(C)(C)O2. The summed E-state index contributed by atoms with van der Waals surface area (Å²) < 4.78 is 17.5. The first-order chi connectivity index (χ1) is 9.35. The molecule has 4 nitrogen and oxygen atoms in total. The molecule has 0 radical (unpaired) electrons. The van der Waals surface area contributed by atoms with Crippen LogP contribution >= 0.6 is 15.9 Å². The number of fused-ring (bicyclic) bond motifs is 1. The number of aryl methyl sites for hydroxylation is 1. The van der Waals surface area contributed by atoms with Crippen molar-refractivity contribution < 1.29 is 19.0 Å². The normalized spacial score (nSPS) is 16.1. The van der Waals surface area contributed by atoms with Crippen molar-refractivity contribution in [2.45, 2.75) is 46.3 Å². The minimum atomic E-state index is -0.971. The molecular weight excluding hydrogens is 324 g/mol. The first kappa shape index (κ1) is 15.2. The zero-order valence-electron chi connectivity index (χ0n) is 12.2. The van der Waals surface area contributed by atoms with E-state index in [1.165, 1.54) is 0 Å². The predicted molar refractivity (Wildman–Crippen MR) is 79.4 cm³/mol. The molecule has 0 N–H and O–H groups in total. The number of unbranched alkanes of at least 4 members (excludes halogenated alkanes) is 1. The summed E-state index contributed by atoms with van der Waals surface area (Å²) in [7, 11) is 0. The highest BCUT2D eigenvalue weighted by Gasteiger charge is 2.38. The fourth-order valence-electron chi connectivity index (χ4n) is 2.00. The highest BCUT2D eigenvalue weighted by Crippen LogP contribution is 2.44. The van der Waals surface area contributed by atoms with Gasteiger partial charge in [-0.25, -0.2) is 4.79 Å². The Balaban J connectivity index is 2.46. The molecular formula is C15H19BrO4. The van der Waals surface area contributed by atoms with E-state index in [2.05, 4.69) is 22.9 Å². The van der Waals surface area contributed by atoms with Crippen molar-refractivity contribution in [3.8, 4) is 11.5 Å². The van der Waals surface area contributed by atoms with Crippen molar-refractivity contribution in [2.75, 3.05) is 6.61 Å². The Bertz CT molecular complexity index is 537. The van der Waals surface area contributed by atoms with Gasteiger partial charge in [0, 0.05) is 13.8 Å². The Morgan fingerprint density at radius 1 is 1.35 bits per heavy atom. The molecule has 0 aliphatic carbocycles. The zero-order valence-corrected chi connectivity index (χ0v) is 13.8. The molecule has 0 amide bonds. The Kier molecular flexibility index (Phi) is 4.28. The van der Waals surface area contributed by atoms with Gasteiger partial charge in [-0.05, 0) is 40.9 Å². The summed E-state index contributed by atoms with van der Waals surface area (Å²) in [5, 5.41) is 0. The van der Waals surface area contributed by atoms with E-state index in [1.54, 1.807) is 13.8 Å². The van der Waals surface area contributed by atoms with Crippen LogP contribution in [0.3, 0.4) is 0 Å². The molecule has 1 heterocycles. The van der Waals surface area contributed by atoms with E-state index < -0.39 is 11.8 Å². The lowest BCUT2D eigenvalue weighted by atomic mass is 10.1. The van der Waals surface area contributed by atoms with E-state index in [-0.39, 0.29) is 0 Å². The van der Waals surface area contributed by atoms with E-state index in [1.807, 2.05) is 13.0 Å². The maximum absolute atomic E-state index is 12.2. The van der Waals surface area contributed by atoms with E-state index in [0.717, 1.165) is 22.9 Å². The minimum absolute atomic E-state index is 0.359. The van der Waals surface area contributed by atoms with E-state index >= 15 is 0 Å². The number of ether oxygens (including phenoxy) is 3. The first-order valence-electron chi connectivity index (χ1n) is 6.74. The van der Waals surface area contributed by atoms with Gasteiger partial charge in [-0.3, -0.25) is 0 Å². The van der Waals surface area contributed by atoms with Crippen LogP contribution < -0.4 is 9.47 Å². The second kappa shape index (κ2) is 5.64. The number of hydrogen-bond donors (Lipinski definition) is 0. The fourth-order valence-corrected chi connectivity index (χ4v) is 2.40. The van der Waals surface area contributed by atoms with Crippen molar-refractivity contribution in [3.05, 3.63) is 21.7 Å². The summed E-state index contributed by atoms with van der Waals surface area (Å²) >= 11 is 3.47. The molecule has 0 spiro atoms. The average Bonchev–Trinajstić information content (AvgIpc) is 2.34. The standard InChI is InChI=1S/C15H19BrO4/c1-5-6-7-18-10-8-9(2)12(16)13-11(10)14(17)20-15(3,4)19-13/h8H,5-7H2,1-4H3. The van der Waals surface area contributed by atoms with Crippen LogP contribution in [-0.2, 0) is 4.74 Å². The maximum atomic E-state index is 12.2. The number of benzene rings is 1.